The molecule has 0 unspecified atom stereocenters. The molecular formula is C14H12N2. The summed E-state index contributed by atoms with van der Waals surface area (Å²) >= 11 is 0. The predicted molar refractivity (Wildman–Crippen MR) is 64.3 cm³/mol. The van der Waals surface area contributed by atoms with Crippen molar-refractivity contribution in [1.29, 1.82) is 0 Å². The van der Waals surface area contributed by atoms with Gasteiger partial charge in [-0.3, -0.25) is 0 Å². The maximum atomic E-state index is 9.03. The second-order valence-electron chi connectivity index (χ2n) is 3.58. The first kappa shape index (κ1) is 10.3. The van der Waals surface area contributed by atoms with Gasteiger partial charge >= 0.3 is 5.71 Å². The van der Waals surface area contributed by atoms with Gasteiger partial charge in [0.2, 0.25) is 0 Å². The van der Waals surface area contributed by atoms with Gasteiger partial charge in [0.15, 0.2) is 0 Å². The molecule has 16 heavy (non-hydrogen) atoms. The average Bonchev–Trinajstić information content (AvgIpc) is 2.38. The first-order valence-electron chi connectivity index (χ1n) is 5.20. The first-order valence-corrected chi connectivity index (χ1v) is 5.20. The zero-order valence-electron chi connectivity index (χ0n) is 8.88. The Balaban J connectivity index is 2.24. The zero-order valence-corrected chi connectivity index (χ0v) is 8.88. The van der Waals surface area contributed by atoms with Gasteiger partial charge in [-0.1, -0.05) is 48.5 Å². The van der Waals surface area contributed by atoms with E-state index in [1.165, 1.54) is 0 Å². The van der Waals surface area contributed by atoms with E-state index in [1.807, 2.05) is 60.7 Å². The van der Waals surface area contributed by atoms with Crippen molar-refractivity contribution >= 4 is 5.71 Å². The summed E-state index contributed by atoms with van der Waals surface area (Å²) < 4.78 is 0. The molecule has 2 aromatic carbocycles. The smallest absolute Gasteiger partial charge is 0.303 e. The van der Waals surface area contributed by atoms with Crippen molar-refractivity contribution in [3.05, 3.63) is 77.3 Å². The highest BCUT2D eigenvalue weighted by atomic mass is 14.9. The second-order valence-corrected chi connectivity index (χ2v) is 3.58. The van der Waals surface area contributed by atoms with Gasteiger partial charge in [-0.15, -0.1) is 0 Å². The maximum Gasteiger partial charge on any atom is 0.303 e. The van der Waals surface area contributed by atoms with Crippen LogP contribution in [0, 0.1) is 0 Å². The number of hydrogen-bond acceptors (Lipinski definition) is 0. The minimum absolute atomic E-state index is 0.640. The molecule has 0 atom stereocenters. The van der Waals surface area contributed by atoms with Gasteiger partial charge in [0.05, 0.1) is 12.0 Å². The Morgan fingerprint density at radius 2 is 1.44 bits per heavy atom. The highest BCUT2D eigenvalue weighted by molar-refractivity contribution is 5.97. The van der Waals surface area contributed by atoms with E-state index >= 15 is 0 Å². The fourth-order valence-corrected chi connectivity index (χ4v) is 1.61. The van der Waals surface area contributed by atoms with E-state index in [-0.39, 0.29) is 0 Å². The van der Waals surface area contributed by atoms with Gasteiger partial charge in [-0.05, 0) is 17.7 Å². The molecule has 0 aliphatic rings. The van der Waals surface area contributed by atoms with E-state index in [4.69, 9.17) is 5.53 Å². The van der Waals surface area contributed by atoms with Gasteiger partial charge in [0, 0.05) is 0 Å². The lowest BCUT2D eigenvalue weighted by atomic mass is 10.0. The zero-order chi connectivity index (χ0) is 11.2. The molecule has 0 N–H and O–H groups in total. The monoisotopic (exact) mass is 208 g/mol. The van der Waals surface area contributed by atoms with E-state index in [1.54, 1.807) is 0 Å². The minimum Gasteiger partial charge on any atom is -0.361 e. The normalized spacial score (nSPS) is 9.50. The summed E-state index contributed by atoms with van der Waals surface area (Å²) in [6.07, 6.45) is 0.640. The quantitative estimate of drug-likeness (QED) is 0.422. The molecule has 2 aromatic rings. The number of rotatable bonds is 3. The van der Waals surface area contributed by atoms with Crippen LogP contribution in [0.3, 0.4) is 0 Å². The summed E-state index contributed by atoms with van der Waals surface area (Å²) in [7, 11) is 0. The first-order chi connectivity index (χ1) is 7.90. The van der Waals surface area contributed by atoms with E-state index in [2.05, 4.69) is 4.79 Å². The molecule has 0 saturated carbocycles. The van der Waals surface area contributed by atoms with Crippen LogP contribution in [0.2, 0.25) is 0 Å². The number of nitrogens with zero attached hydrogens (tertiary/aromatic N) is 2. The van der Waals surface area contributed by atoms with Crippen molar-refractivity contribution in [3.63, 3.8) is 0 Å². The lowest BCUT2D eigenvalue weighted by molar-refractivity contribution is -0.00618. The van der Waals surface area contributed by atoms with E-state index < -0.39 is 0 Å². The molecule has 0 aliphatic carbocycles. The fourth-order valence-electron chi connectivity index (χ4n) is 1.61. The van der Waals surface area contributed by atoms with Gasteiger partial charge < -0.3 is 5.53 Å². The van der Waals surface area contributed by atoms with Crippen molar-refractivity contribution in [2.24, 2.45) is 0 Å². The standard InChI is InChI=1S/C14H12N2/c15-16-14(13-9-5-2-6-10-13)11-12-7-3-1-4-8-12/h1-10H,11H2. The van der Waals surface area contributed by atoms with Crippen molar-refractivity contribution in [1.82, 2.24) is 0 Å². The van der Waals surface area contributed by atoms with Crippen molar-refractivity contribution in [2.45, 2.75) is 6.42 Å². The number of benzene rings is 2. The second kappa shape index (κ2) is 5.06. The summed E-state index contributed by atoms with van der Waals surface area (Å²) in [5.74, 6) is 0. The predicted octanol–water partition coefficient (Wildman–Crippen LogP) is 2.95. The molecule has 0 amide bonds. The van der Waals surface area contributed by atoms with Gasteiger partial charge in [0.25, 0.3) is 0 Å². The Morgan fingerprint density at radius 1 is 0.875 bits per heavy atom. The summed E-state index contributed by atoms with van der Waals surface area (Å²) in [6.45, 7) is 0. The Morgan fingerprint density at radius 3 is 2.00 bits per heavy atom. The molecule has 0 spiro atoms. The van der Waals surface area contributed by atoms with Gasteiger partial charge in [-0.25, -0.2) is 0 Å². The van der Waals surface area contributed by atoms with Crippen LogP contribution in [0.4, 0.5) is 0 Å². The minimum atomic E-state index is 0.640. The summed E-state index contributed by atoms with van der Waals surface area (Å²) in [5, 5.41) is 0. The Labute approximate surface area is 94.8 Å². The van der Waals surface area contributed by atoms with Crippen LogP contribution in [0.25, 0.3) is 5.53 Å². The lowest BCUT2D eigenvalue weighted by Gasteiger charge is -1.97. The van der Waals surface area contributed by atoms with Crippen LogP contribution >= 0.6 is 0 Å². The Kier molecular flexibility index (Phi) is 3.27. The summed E-state index contributed by atoms with van der Waals surface area (Å²) in [5.41, 5.74) is 11.8. The third-order valence-electron chi connectivity index (χ3n) is 2.44. The van der Waals surface area contributed by atoms with Crippen LogP contribution in [0.15, 0.2) is 60.7 Å². The van der Waals surface area contributed by atoms with Crippen LogP contribution in [-0.4, -0.2) is 10.5 Å². The third kappa shape index (κ3) is 2.44. The molecule has 0 radical (unpaired) electrons. The maximum absolute atomic E-state index is 9.03. The molecule has 78 valence electrons. The van der Waals surface area contributed by atoms with E-state index in [0.29, 0.717) is 12.1 Å². The molecule has 0 saturated heterocycles. The number of hydrogen-bond donors (Lipinski definition) is 0. The van der Waals surface area contributed by atoms with Crippen LogP contribution in [0.1, 0.15) is 11.1 Å². The third-order valence-corrected chi connectivity index (χ3v) is 2.44. The van der Waals surface area contributed by atoms with Crippen LogP contribution < -0.4 is 0 Å². The molecule has 0 heterocycles. The molecule has 2 heteroatoms. The van der Waals surface area contributed by atoms with Gasteiger partial charge in [0.1, 0.15) is 0 Å². The molecular weight excluding hydrogens is 196 g/mol. The highest BCUT2D eigenvalue weighted by Crippen LogP contribution is 2.06. The molecule has 0 aliphatic heterocycles. The summed E-state index contributed by atoms with van der Waals surface area (Å²) in [4.78, 5) is 3.37. The van der Waals surface area contributed by atoms with Gasteiger partial charge in [-0.2, -0.15) is 4.79 Å². The molecule has 2 rings (SSSR count). The molecule has 0 fully saturated rings. The SMILES string of the molecule is [N-]=[N+]=C(Cc1ccccc1)c1ccccc1. The Hall–Kier alpha value is -2.18. The average molecular weight is 208 g/mol. The van der Waals surface area contributed by atoms with Crippen molar-refractivity contribution in [2.75, 3.05) is 0 Å². The highest BCUT2D eigenvalue weighted by Gasteiger charge is 2.11. The summed E-state index contributed by atoms with van der Waals surface area (Å²) in [6, 6.07) is 19.7. The van der Waals surface area contributed by atoms with Crippen LogP contribution in [-0.2, 0) is 6.42 Å². The largest absolute Gasteiger partial charge is 0.361 e. The van der Waals surface area contributed by atoms with E-state index in [9.17, 15) is 0 Å². The van der Waals surface area contributed by atoms with Crippen LogP contribution in [0.5, 0.6) is 0 Å². The molecule has 0 bridgehead atoms. The molecule has 2 nitrogen and oxygen atoms in total. The van der Waals surface area contributed by atoms with E-state index in [0.717, 1.165) is 11.1 Å². The van der Waals surface area contributed by atoms with Crippen molar-refractivity contribution < 1.29 is 4.79 Å². The topological polar surface area (TPSA) is 36.4 Å². The van der Waals surface area contributed by atoms with Crippen molar-refractivity contribution in [3.8, 4) is 0 Å². The molecule has 0 aromatic heterocycles. The lowest BCUT2D eigenvalue weighted by Crippen LogP contribution is -2.06. The Bertz CT molecular complexity index is 497. The fraction of sp³-hybridized carbons (Fsp3) is 0.0714.